The van der Waals surface area contributed by atoms with Crippen molar-refractivity contribution in [3.63, 3.8) is 0 Å². The van der Waals surface area contributed by atoms with Gasteiger partial charge >= 0.3 is 0 Å². The van der Waals surface area contributed by atoms with Gasteiger partial charge in [-0.2, -0.15) is 10.4 Å². The second-order valence-electron chi connectivity index (χ2n) is 3.39. The first kappa shape index (κ1) is 11.5. The van der Waals surface area contributed by atoms with E-state index in [2.05, 4.69) is 16.3 Å². The summed E-state index contributed by atoms with van der Waals surface area (Å²) < 4.78 is 12.8. The van der Waals surface area contributed by atoms with Crippen LogP contribution in [0.25, 0.3) is 0 Å². The highest BCUT2D eigenvalue weighted by atomic mass is 35.5. The lowest BCUT2D eigenvalue weighted by molar-refractivity contribution is 0.627. The first-order valence-corrected chi connectivity index (χ1v) is 5.22. The quantitative estimate of drug-likeness (QED) is 0.820. The van der Waals surface area contributed by atoms with Crippen LogP contribution in [0.1, 0.15) is 17.2 Å². The highest BCUT2D eigenvalue weighted by Crippen LogP contribution is 2.22. The number of aromatic nitrogens is 2. The molecule has 17 heavy (non-hydrogen) atoms. The average Bonchev–Trinajstić information content (AvgIpc) is 2.35. The molecule has 0 saturated carbocycles. The van der Waals surface area contributed by atoms with Crippen molar-refractivity contribution in [3.8, 4) is 6.07 Å². The first-order chi connectivity index (χ1) is 8.20. The van der Waals surface area contributed by atoms with Crippen LogP contribution in [-0.2, 0) is 0 Å². The van der Waals surface area contributed by atoms with Crippen LogP contribution in [0.3, 0.4) is 0 Å². The van der Waals surface area contributed by atoms with E-state index < -0.39 is 5.92 Å². The Morgan fingerprint density at radius 2 is 1.82 bits per heavy atom. The minimum Gasteiger partial charge on any atom is -0.207 e. The van der Waals surface area contributed by atoms with E-state index in [1.807, 2.05) is 0 Å². The fourth-order valence-electron chi connectivity index (χ4n) is 1.45. The zero-order valence-corrected chi connectivity index (χ0v) is 9.39. The first-order valence-electron chi connectivity index (χ1n) is 4.85. The molecule has 1 aromatic carbocycles. The third-order valence-electron chi connectivity index (χ3n) is 2.28. The van der Waals surface area contributed by atoms with Gasteiger partial charge in [-0.05, 0) is 29.8 Å². The number of hydrogen-bond donors (Lipinski definition) is 0. The molecule has 3 nitrogen and oxygen atoms in total. The van der Waals surface area contributed by atoms with E-state index in [-0.39, 0.29) is 11.0 Å². The Morgan fingerprint density at radius 3 is 2.35 bits per heavy atom. The molecule has 0 radical (unpaired) electrons. The van der Waals surface area contributed by atoms with Gasteiger partial charge in [0.05, 0.1) is 11.8 Å². The van der Waals surface area contributed by atoms with Gasteiger partial charge < -0.3 is 0 Å². The van der Waals surface area contributed by atoms with Crippen molar-refractivity contribution in [2.45, 2.75) is 5.92 Å². The van der Waals surface area contributed by atoms with Crippen molar-refractivity contribution in [1.29, 1.82) is 5.26 Å². The molecule has 0 fully saturated rings. The van der Waals surface area contributed by atoms with E-state index in [0.717, 1.165) is 0 Å². The van der Waals surface area contributed by atoms with Crippen molar-refractivity contribution in [2.75, 3.05) is 0 Å². The lowest BCUT2D eigenvalue weighted by Crippen LogP contribution is -2.02. The zero-order chi connectivity index (χ0) is 12.3. The summed E-state index contributed by atoms with van der Waals surface area (Å²) in [7, 11) is 0. The Hall–Kier alpha value is -1.99. The fourth-order valence-corrected chi connectivity index (χ4v) is 1.55. The van der Waals surface area contributed by atoms with Gasteiger partial charge in [-0.1, -0.05) is 23.7 Å². The second-order valence-corrected chi connectivity index (χ2v) is 3.78. The van der Waals surface area contributed by atoms with Crippen LogP contribution in [-0.4, -0.2) is 10.2 Å². The van der Waals surface area contributed by atoms with Gasteiger partial charge in [0.2, 0.25) is 0 Å². The van der Waals surface area contributed by atoms with Crippen molar-refractivity contribution in [1.82, 2.24) is 10.2 Å². The molecule has 0 aliphatic heterocycles. The molecule has 0 spiro atoms. The number of nitriles is 1. The number of benzene rings is 1. The molecule has 0 amide bonds. The molecular formula is C12H7ClFN3. The predicted octanol–water partition coefficient (Wildman–Crippen LogP) is 2.92. The van der Waals surface area contributed by atoms with E-state index in [1.165, 1.54) is 12.1 Å². The minimum atomic E-state index is -0.569. The van der Waals surface area contributed by atoms with Crippen LogP contribution in [0.2, 0.25) is 5.15 Å². The summed E-state index contributed by atoms with van der Waals surface area (Å²) in [6.45, 7) is 0. The predicted molar refractivity (Wildman–Crippen MR) is 60.9 cm³/mol. The molecule has 1 aromatic heterocycles. The second kappa shape index (κ2) is 4.89. The van der Waals surface area contributed by atoms with Crippen molar-refractivity contribution < 1.29 is 4.39 Å². The normalized spacial score (nSPS) is 11.8. The summed E-state index contributed by atoms with van der Waals surface area (Å²) in [5.41, 5.74) is 1.16. The average molecular weight is 248 g/mol. The summed E-state index contributed by atoms with van der Waals surface area (Å²) in [5, 5.41) is 16.9. The summed E-state index contributed by atoms with van der Waals surface area (Å²) in [4.78, 5) is 0. The van der Waals surface area contributed by atoms with Crippen LogP contribution in [0.15, 0.2) is 36.4 Å². The fraction of sp³-hybridized carbons (Fsp3) is 0.0833. The van der Waals surface area contributed by atoms with Crippen molar-refractivity contribution >= 4 is 11.6 Å². The topological polar surface area (TPSA) is 49.6 Å². The van der Waals surface area contributed by atoms with E-state index in [1.54, 1.807) is 24.3 Å². The molecule has 1 unspecified atom stereocenters. The minimum absolute atomic E-state index is 0.268. The number of hydrogen-bond acceptors (Lipinski definition) is 3. The van der Waals surface area contributed by atoms with Gasteiger partial charge in [-0.15, -0.1) is 5.10 Å². The van der Waals surface area contributed by atoms with Gasteiger partial charge in [-0.3, -0.25) is 0 Å². The molecular weight excluding hydrogens is 241 g/mol. The molecule has 0 aliphatic rings. The molecule has 0 bridgehead atoms. The Balaban J connectivity index is 2.37. The Kier molecular flexibility index (Phi) is 3.31. The van der Waals surface area contributed by atoms with Crippen LogP contribution >= 0.6 is 11.6 Å². The van der Waals surface area contributed by atoms with Gasteiger partial charge in [0.15, 0.2) is 5.15 Å². The van der Waals surface area contributed by atoms with Crippen LogP contribution < -0.4 is 0 Å². The van der Waals surface area contributed by atoms with Crippen LogP contribution in [0.4, 0.5) is 4.39 Å². The summed E-state index contributed by atoms with van der Waals surface area (Å²) in [6, 6.07) is 11.0. The molecule has 0 saturated heterocycles. The number of halogens is 2. The Bertz CT molecular complexity index is 500. The maximum atomic E-state index is 12.8. The van der Waals surface area contributed by atoms with Gasteiger partial charge in [0, 0.05) is 0 Å². The lowest BCUT2D eigenvalue weighted by atomic mass is 9.97. The molecule has 1 atom stereocenters. The summed E-state index contributed by atoms with van der Waals surface area (Å²) >= 11 is 5.62. The Morgan fingerprint density at radius 1 is 1.12 bits per heavy atom. The molecule has 84 valence electrons. The highest BCUT2D eigenvalue weighted by molar-refractivity contribution is 6.29. The maximum Gasteiger partial charge on any atom is 0.151 e. The third kappa shape index (κ3) is 2.58. The monoisotopic (exact) mass is 247 g/mol. The largest absolute Gasteiger partial charge is 0.207 e. The summed E-state index contributed by atoms with van der Waals surface area (Å²) in [5.74, 6) is -0.909. The van der Waals surface area contributed by atoms with Gasteiger partial charge in [0.25, 0.3) is 0 Å². The van der Waals surface area contributed by atoms with E-state index in [0.29, 0.717) is 11.3 Å². The smallest absolute Gasteiger partial charge is 0.151 e. The SMILES string of the molecule is N#CC(c1ccc(F)cc1)c1ccc(Cl)nn1. The number of rotatable bonds is 2. The molecule has 1 heterocycles. The molecule has 5 heteroatoms. The van der Waals surface area contributed by atoms with Crippen LogP contribution in [0.5, 0.6) is 0 Å². The lowest BCUT2D eigenvalue weighted by Gasteiger charge is -2.07. The van der Waals surface area contributed by atoms with Crippen molar-refractivity contribution in [2.24, 2.45) is 0 Å². The molecule has 0 N–H and O–H groups in total. The molecule has 2 rings (SSSR count). The van der Waals surface area contributed by atoms with Gasteiger partial charge in [0.1, 0.15) is 11.7 Å². The third-order valence-corrected chi connectivity index (χ3v) is 2.48. The highest BCUT2D eigenvalue weighted by Gasteiger charge is 2.15. The molecule has 2 aromatic rings. The summed E-state index contributed by atoms with van der Waals surface area (Å²) in [6.07, 6.45) is 0. The maximum absolute atomic E-state index is 12.8. The molecule has 0 aliphatic carbocycles. The Labute approximate surface area is 102 Å². The van der Waals surface area contributed by atoms with E-state index >= 15 is 0 Å². The van der Waals surface area contributed by atoms with Crippen molar-refractivity contribution in [3.05, 3.63) is 58.6 Å². The number of nitrogens with zero attached hydrogens (tertiary/aromatic N) is 3. The van der Waals surface area contributed by atoms with E-state index in [9.17, 15) is 4.39 Å². The van der Waals surface area contributed by atoms with E-state index in [4.69, 9.17) is 16.9 Å². The standard InChI is InChI=1S/C12H7ClFN3/c13-12-6-5-11(16-17-12)10(7-15)8-1-3-9(14)4-2-8/h1-6,10H. The zero-order valence-electron chi connectivity index (χ0n) is 8.64. The van der Waals surface area contributed by atoms with Gasteiger partial charge in [-0.25, -0.2) is 4.39 Å². The van der Waals surface area contributed by atoms with Crippen LogP contribution in [0, 0.1) is 17.1 Å².